The van der Waals surface area contributed by atoms with Gasteiger partial charge in [-0.1, -0.05) is 15.9 Å². The molecule has 0 saturated carbocycles. The van der Waals surface area contributed by atoms with Gasteiger partial charge in [0.1, 0.15) is 5.75 Å². The lowest BCUT2D eigenvalue weighted by Gasteiger charge is -2.22. The number of rotatable bonds is 4. The number of phenolic OH excluding ortho intramolecular Hbond substituents is 1. The van der Waals surface area contributed by atoms with Gasteiger partial charge in [-0.15, -0.1) is 0 Å². The highest BCUT2D eigenvalue weighted by Gasteiger charge is 2.15. The molecule has 19 heavy (non-hydrogen) atoms. The number of halogens is 1. The van der Waals surface area contributed by atoms with Crippen LogP contribution in [0.3, 0.4) is 0 Å². The maximum Gasteiger partial charge on any atom is 0.255 e. The number of benzene rings is 1. The van der Waals surface area contributed by atoms with Crippen molar-refractivity contribution in [2.45, 2.75) is 31.8 Å². The first-order valence-corrected chi connectivity index (χ1v) is 7.34. The summed E-state index contributed by atoms with van der Waals surface area (Å²) in [7, 11) is 0. The minimum Gasteiger partial charge on any atom is -0.507 e. The standard InChI is InChI=1S/C14H18BrNO3/c15-10-4-5-13(17)12(9-10)14(18)16-7-6-11-3-1-2-8-19-11/h4-5,9,11,17H,1-3,6-8H2,(H,16,18). The van der Waals surface area contributed by atoms with E-state index in [0.29, 0.717) is 12.1 Å². The average Bonchev–Trinajstić information content (AvgIpc) is 2.42. The van der Waals surface area contributed by atoms with E-state index in [-0.39, 0.29) is 17.8 Å². The number of ether oxygens (including phenoxy) is 1. The number of phenols is 1. The summed E-state index contributed by atoms with van der Waals surface area (Å²) in [4.78, 5) is 11.9. The number of carbonyl (C=O) groups is 1. The molecule has 5 heteroatoms. The van der Waals surface area contributed by atoms with Gasteiger partial charge in [0.2, 0.25) is 0 Å². The zero-order valence-electron chi connectivity index (χ0n) is 10.7. The summed E-state index contributed by atoms with van der Waals surface area (Å²) in [6.45, 7) is 1.39. The van der Waals surface area contributed by atoms with Crippen LogP contribution in [-0.2, 0) is 4.74 Å². The van der Waals surface area contributed by atoms with E-state index >= 15 is 0 Å². The van der Waals surface area contributed by atoms with Crippen molar-refractivity contribution in [2.75, 3.05) is 13.2 Å². The van der Waals surface area contributed by atoms with Crippen LogP contribution >= 0.6 is 15.9 Å². The van der Waals surface area contributed by atoms with Gasteiger partial charge in [-0.2, -0.15) is 0 Å². The first-order valence-electron chi connectivity index (χ1n) is 6.55. The third kappa shape index (κ3) is 4.21. The van der Waals surface area contributed by atoms with Crippen LogP contribution in [-0.4, -0.2) is 30.3 Å². The maximum absolute atomic E-state index is 11.9. The van der Waals surface area contributed by atoms with Crippen LogP contribution in [0.5, 0.6) is 5.75 Å². The molecule has 1 aromatic carbocycles. The predicted octanol–water partition coefficient (Wildman–Crippen LogP) is 2.84. The second-order valence-electron chi connectivity index (χ2n) is 4.69. The van der Waals surface area contributed by atoms with Crippen molar-refractivity contribution in [3.63, 3.8) is 0 Å². The first-order chi connectivity index (χ1) is 9.16. The van der Waals surface area contributed by atoms with Crippen LogP contribution in [0.25, 0.3) is 0 Å². The molecule has 104 valence electrons. The van der Waals surface area contributed by atoms with E-state index < -0.39 is 0 Å². The van der Waals surface area contributed by atoms with E-state index in [1.807, 2.05) is 0 Å². The Morgan fingerprint density at radius 1 is 1.47 bits per heavy atom. The number of hydrogen-bond acceptors (Lipinski definition) is 3. The molecule has 1 fully saturated rings. The largest absolute Gasteiger partial charge is 0.507 e. The molecule has 0 spiro atoms. The highest BCUT2D eigenvalue weighted by Crippen LogP contribution is 2.21. The molecule has 1 amide bonds. The van der Waals surface area contributed by atoms with Gasteiger partial charge in [-0.3, -0.25) is 4.79 Å². The summed E-state index contributed by atoms with van der Waals surface area (Å²) in [6, 6.07) is 4.81. The Kier molecular flexibility index (Phi) is 5.22. The normalized spacial score (nSPS) is 19.1. The molecule has 0 bridgehead atoms. The van der Waals surface area contributed by atoms with E-state index in [9.17, 15) is 9.90 Å². The summed E-state index contributed by atoms with van der Waals surface area (Å²) in [5, 5.41) is 12.5. The minimum atomic E-state index is -0.255. The third-order valence-electron chi connectivity index (χ3n) is 3.23. The van der Waals surface area contributed by atoms with Crippen LogP contribution in [0.2, 0.25) is 0 Å². The molecule has 2 N–H and O–H groups in total. The zero-order valence-corrected chi connectivity index (χ0v) is 12.3. The molecule has 0 aromatic heterocycles. The minimum absolute atomic E-state index is 0.00498. The molecule has 1 aromatic rings. The molecule has 4 nitrogen and oxygen atoms in total. The van der Waals surface area contributed by atoms with E-state index in [1.165, 1.54) is 12.5 Å². The van der Waals surface area contributed by atoms with Crippen LogP contribution in [0, 0.1) is 0 Å². The topological polar surface area (TPSA) is 58.6 Å². The second kappa shape index (κ2) is 6.91. The molecule has 2 rings (SSSR count). The summed E-state index contributed by atoms with van der Waals surface area (Å²) in [5.74, 6) is -0.260. The van der Waals surface area contributed by atoms with Gasteiger partial charge in [0.15, 0.2) is 0 Å². The molecule has 1 aliphatic heterocycles. The number of nitrogens with one attached hydrogen (secondary N) is 1. The number of aromatic hydroxyl groups is 1. The average molecular weight is 328 g/mol. The molecule has 1 aliphatic rings. The van der Waals surface area contributed by atoms with E-state index in [2.05, 4.69) is 21.2 Å². The molecule has 1 heterocycles. The molecular formula is C14H18BrNO3. The van der Waals surface area contributed by atoms with Crippen LogP contribution in [0.1, 0.15) is 36.0 Å². The summed E-state index contributed by atoms with van der Waals surface area (Å²) in [6.07, 6.45) is 4.48. The third-order valence-corrected chi connectivity index (χ3v) is 3.72. The molecule has 0 aliphatic carbocycles. The highest BCUT2D eigenvalue weighted by molar-refractivity contribution is 9.10. The van der Waals surface area contributed by atoms with Gasteiger partial charge < -0.3 is 15.2 Å². The van der Waals surface area contributed by atoms with Gasteiger partial charge in [0.05, 0.1) is 11.7 Å². The molecule has 0 radical (unpaired) electrons. The SMILES string of the molecule is O=C(NCCC1CCCCO1)c1cc(Br)ccc1O. The molecule has 1 saturated heterocycles. The Bertz CT molecular complexity index is 444. The van der Waals surface area contributed by atoms with Crippen molar-refractivity contribution >= 4 is 21.8 Å². The summed E-state index contributed by atoms with van der Waals surface area (Å²) >= 11 is 3.28. The van der Waals surface area contributed by atoms with Crippen molar-refractivity contribution in [2.24, 2.45) is 0 Å². The van der Waals surface area contributed by atoms with Gasteiger partial charge in [0.25, 0.3) is 5.91 Å². The zero-order chi connectivity index (χ0) is 13.7. The van der Waals surface area contributed by atoms with Crippen molar-refractivity contribution in [3.05, 3.63) is 28.2 Å². The Morgan fingerprint density at radius 2 is 2.32 bits per heavy atom. The summed E-state index contributed by atoms with van der Waals surface area (Å²) in [5.41, 5.74) is 0.291. The van der Waals surface area contributed by atoms with Crippen LogP contribution < -0.4 is 5.32 Å². The number of hydrogen-bond donors (Lipinski definition) is 2. The van der Waals surface area contributed by atoms with E-state index in [1.54, 1.807) is 12.1 Å². The van der Waals surface area contributed by atoms with E-state index in [0.717, 1.165) is 30.3 Å². The lowest BCUT2D eigenvalue weighted by atomic mass is 10.1. The van der Waals surface area contributed by atoms with Gasteiger partial charge in [-0.05, 0) is 43.9 Å². The molecule has 1 unspecified atom stereocenters. The molecular weight excluding hydrogens is 310 g/mol. The lowest BCUT2D eigenvalue weighted by Crippen LogP contribution is -2.29. The fourth-order valence-electron chi connectivity index (χ4n) is 2.17. The van der Waals surface area contributed by atoms with Crippen molar-refractivity contribution < 1.29 is 14.6 Å². The van der Waals surface area contributed by atoms with Crippen LogP contribution in [0.15, 0.2) is 22.7 Å². The van der Waals surface area contributed by atoms with Gasteiger partial charge in [0, 0.05) is 17.6 Å². The fourth-order valence-corrected chi connectivity index (χ4v) is 2.53. The number of carbonyl (C=O) groups excluding carboxylic acids is 1. The summed E-state index contributed by atoms with van der Waals surface area (Å²) < 4.78 is 6.37. The van der Waals surface area contributed by atoms with Crippen molar-refractivity contribution in [1.29, 1.82) is 0 Å². The Labute approximate surface area is 121 Å². The fraction of sp³-hybridized carbons (Fsp3) is 0.500. The van der Waals surface area contributed by atoms with Gasteiger partial charge in [-0.25, -0.2) is 0 Å². The number of amides is 1. The van der Waals surface area contributed by atoms with Crippen molar-refractivity contribution in [3.8, 4) is 5.75 Å². The predicted molar refractivity (Wildman–Crippen MR) is 76.3 cm³/mol. The van der Waals surface area contributed by atoms with Crippen molar-refractivity contribution in [1.82, 2.24) is 5.32 Å². The quantitative estimate of drug-likeness (QED) is 0.894. The van der Waals surface area contributed by atoms with E-state index in [4.69, 9.17) is 4.74 Å². The first kappa shape index (κ1) is 14.3. The maximum atomic E-state index is 11.9. The lowest BCUT2D eigenvalue weighted by molar-refractivity contribution is 0.0117. The van der Waals surface area contributed by atoms with Crippen LogP contribution in [0.4, 0.5) is 0 Å². The highest BCUT2D eigenvalue weighted by atomic mass is 79.9. The Balaban J connectivity index is 1.82. The smallest absolute Gasteiger partial charge is 0.255 e. The Hall–Kier alpha value is -1.07. The van der Waals surface area contributed by atoms with Gasteiger partial charge >= 0.3 is 0 Å². The monoisotopic (exact) mass is 327 g/mol. The second-order valence-corrected chi connectivity index (χ2v) is 5.61. The molecule has 1 atom stereocenters. The Morgan fingerprint density at radius 3 is 3.05 bits per heavy atom.